The van der Waals surface area contributed by atoms with E-state index in [2.05, 4.69) is 64.9 Å². The van der Waals surface area contributed by atoms with Crippen molar-refractivity contribution < 1.29 is 43.9 Å². The van der Waals surface area contributed by atoms with Crippen LogP contribution in [0.1, 0.15) is 128 Å². The lowest BCUT2D eigenvalue weighted by atomic mass is 9.74. The van der Waals surface area contributed by atoms with E-state index in [0.717, 1.165) is 12.8 Å². The van der Waals surface area contributed by atoms with Crippen LogP contribution in [0.4, 0.5) is 0 Å². The summed E-state index contributed by atoms with van der Waals surface area (Å²) in [5, 5.41) is 34.0. The van der Waals surface area contributed by atoms with Crippen molar-refractivity contribution in [2.75, 3.05) is 33.0 Å². The summed E-state index contributed by atoms with van der Waals surface area (Å²) < 4.78 is 9.41. The molecule has 0 saturated heterocycles. The minimum absolute atomic E-state index is 0.171. The van der Waals surface area contributed by atoms with E-state index < -0.39 is 49.0 Å². The SMILES string of the molecule is Cc1cc(C(C)(C)C)c(CCCCCCCCCCCCOP(O)OP(O)O)c(C(C)(C)C)c1.OCC(CO)(CO)CO. The summed E-state index contributed by atoms with van der Waals surface area (Å²) in [5.41, 5.74) is 5.25. The van der Waals surface area contributed by atoms with Crippen LogP contribution in [-0.4, -0.2) is 68.1 Å². The van der Waals surface area contributed by atoms with Crippen molar-refractivity contribution in [3.63, 3.8) is 0 Å². The van der Waals surface area contributed by atoms with E-state index in [-0.39, 0.29) is 10.8 Å². The van der Waals surface area contributed by atoms with Crippen molar-refractivity contribution in [2.24, 2.45) is 5.41 Å². The molecule has 0 aliphatic carbocycles. The largest absolute Gasteiger partial charge is 0.396 e. The Morgan fingerprint density at radius 1 is 0.605 bits per heavy atom. The lowest BCUT2D eigenvalue weighted by Crippen LogP contribution is -2.37. The Hall–Kier alpha value is -0.280. The molecule has 11 heteroatoms. The quantitative estimate of drug-likeness (QED) is 0.0621. The molecule has 0 amide bonds. The molecular weight excluding hydrogens is 590 g/mol. The van der Waals surface area contributed by atoms with Gasteiger partial charge in [-0.15, -0.1) is 0 Å². The molecule has 0 spiro atoms. The van der Waals surface area contributed by atoms with Crippen LogP contribution >= 0.6 is 17.2 Å². The minimum Gasteiger partial charge on any atom is -0.396 e. The highest BCUT2D eigenvalue weighted by Gasteiger charge is 2.27. The van der Waals surface area contributed by atoms with Crippen LogP contribution in [0, 0.1) is 12.3 Å². The molecule has 0 saturated carbocycles. The van der Waals surface area contributed by atoms with Crippen LogP contribution < -0.4 is 0 Å². The van der Waals surface area contributed by atoms with E-state index in [4.69, 9.17) is 34.7 Å². The van der Waals surface area contributed by atoms with Gasteiger partial charge < -0.3 is 39.6 Å². The number of hydrogen-bond acceptors (Lipinski definition) is 9. The predicted molar refractivity (Wildman–Crippen MR) is 177 cm³/mol. The van der Waals surface area contributed by atoms with Gasteiger partial charge in [-0.25, -0.2) is 4.31 Å². The fourth-order valence-electron chi connectivity index (χ4n) is 4.77. The molecule has 0 bridgehead atoms. The van der Waals surface area contributed by atoms with Crippen LogP contribution in [0.15, 0.2) is 12.1 Å². The van der Waals surface area contributed by atoms with Crippen molar-refractivity contribution in [2.45, 2.75) is 130 Å². The van der Waals surface area contributed by atoms with Gasteiger partial charge in [0.2, 0.25) is 0 Å². The molecule has 43 heavy (non-hydrogen) atoms. The molecule has 1 rings (SSSR count). The maximum Gasteiger partial charge on any atom is 0.337 e. The highest BCUT2D eigenvalue weighted by molar-refractivity contribution is 7.54. The summed E-state index contributed by atoms with van der Waals surface area (Å²) in [4.78, 5) is 26.5. The number of unbranched alkanes of at least 4 members (excludes halogenated alkanes) is 9. The van der Waals surface area contributed by atoms with E-state index in [0.29, 0.717) is 6.61 Å². The summed E-state index contributed by atoms with van der Waals surface area (Å²) in [7, 11) is -4.71. The number of hydrogen-bond donors (Lipinski definition) is 7. The third-order valence-corrected chi connectivity index (χ3v) is 9.06. The Bertz CT molecular complexity index is 798. The average Bonchev–Trinajstić information content (AvgIpc) is 2.92. The molecule has 0 aromatic heterocycles. The van der Waals surface area contributed by atoms with Crippen molar-refractivity contribution in [3.8, 4) is 0 Å². The van der Waals surface area contributed by atoms with E-state index in [1.165, 1.54) is 74.5 Å². The second-order valence-electron chi connectivity index (χ2n) is 13.7. The molecular formula is C32H62O9P2. The first-order chi connectivity index (χ1) is 20.1. The monoisotopic (exact) mass is 652 g/mol. The number of aryl methyl sites for hydroxylation is 1. The summed E-state index contributed by atoms with van der Waals surface area (Å²) in [6, 6.07) is 4.82. The lowest BCUT2D eigenvalue weighted by molar-refractivity contribution is -0.0328. The Kier molecular flexibility index (Phi) is 22.1. The molecule has 0 heterocycles. The minimum atomic E-state index is -2.55. The van der Waals surface area contributed by atoms with E-state index in [1.54, 1.807) is 5.56 Å². The molecule has 0 radical (unpaired) electrons. The van der Waals surface area contributed by atoms with E-state index in [1.807, 2.05) is 0 Å². The average molecular weight is 653 g/mol. The summed E-state index contributed by atoms with van der Waals surface area (Å²) in [6.07, 6.45) is 13.2. The maximum absolute atomic E-state index is 9.27. The fraction of sp³-hybridized carbons (Fsp3) is 0.812. The van der Waals surface area contributed by atoms with Crippen molar-refractivity contribution in [3.05, 3.63) is 34.4 Å². The van der Waals surface area contributed by atoms with Gasteiger partial charge in [-0.3, -0.25) is 0 Å². The number of aliphatic hydroxyl groups is 4. The Morgan fingerprint density at radius 2 is 0.977 bits per heavy atom. The smallest absolute Gasteiger partial charge is 0.337 e. The van der Waals surface area contributed by atoms with Crippen LogP contribution in [0.5, 0.6) is 0 Å². The first kappa shape index (κ1) is 42.7. The number of aliphatic hydroxyl groups excluding tert-OH is 4. The molecule has 9 nitrogen and oxygen atoms in total. The van der Waals surface area contributed by atoms with Gasteiger partial charge >= 0.3 is 17.2 Å². The summed E-state index contributed by atoms with van der Waals surface area (Å²) in [6.45, 7) is 15.0. The van der Waals surface area contributed by atoms with Crippen LogP contribution in [0.3, 0.4) is 0 Å². The molecule has 1 aromatic carbocycles. The zero-order valence-corrected chi connectivity index (χ0v) is 29.6. The van der Waals surface area contributed by atoms with E-state index in [9.17, 15) is 4.89 Å². The standard InChI is InChI=1S/C27H50O5P2.C5H12O4/c1-22-20-24(26(2,3)4)23(25(21-22)27(5,6)7)18-16-14-12-10-8-9-11-13-15-17-19-31-34(30)32-33(28)29;6-1-5(2-7,3-8)4-9/h20-21,28-30H,8-19H2,1-7H3;6-9H,1-4H2. The molecule has 0 fully saturated rings. The van der Waals surface area contributed by atoms with Crippen molar-refractivity contribution >= 4 is 17.2 Å². The van der Waals surface area contributed by atoms with Gasteiger partial charge in [-0.2, -0.15) is 0 Å². The zero-order chi connectivity index (χ0) is 33.1. The van der Waals surface area contributed by atoms with Crippen molar-refractivity contribution in [1.82, 2.24) is 0 Å². The highest BCUT2D eigenvalue weighted by atomic mass is 31.2. The highest BCUT2D eigenvalue weighted by Crippen LogP contribution is 2.46. The van der Waals surface area contributed by atoms with Gasteiger partial charge in [0.15, 0.2) is 0 Å². The fourth-order valence-corrected chi connectivity index (χ4v) is 5.74. The molecule has 0 aliphatic heterocycles. The molecule has 254 valence electrons. The molecule has 1 atom stereocenters. The zero-order valence-electron chi connectivity index (χ0n) is 27.8. The second kappa shape index (κ2) is 22.3. The first-order valence-corrected chi connectivity index (χ1v) is 17.9. The summed E-state index contributed by atoms with van der Waals surface area (Å²) >= 11 is 0. The number of rotatable bonds is 20. The van der Waals surface area contributed by atoms with Gasteiger partial charge in [-0.1, -0.05) is 111 Å². The third-order valence-electron chi connectivity index (χ3n) is 7.52. The molecule has 0 aliphatic rings. The molecule has 7 N–H and O–H groups in total. The second-order valence-corrected chi connectivity index (χ2v) is 15.6. The summed E-state index contributed by atoms with van der Waals surface area (Å²) in [5.74, 6) is 0. The van der Waals surface area contributed by atoms with Crippen LogP contribution in [-0.2, 0) is 26.1 Å². The van der Waals surface area contributed by atoms with Crippen molar-refractivity contribution in [1.29, 1.82) is 0 Å². The van der Waals surface area contributed by atoms with Gasteiger partial charge in [-0.05, 0) is 53.7 Å². The predicted octanol–water partition coefficient (Wildman–Crippen LogP) is 6.44. The van der Waals surface area contributed by atoms with Gasteiger partial charge in [0, 0.05) is 0 Å². The van der Waals surface area contributed by atoms with E-state index >= 15 is 0 Å². The van der Waals surface area contributed by atoms with Crippen LogP contribution in [0.25, 0.3) is 0 Å². The van der Waals surface area contributed by atoms with Gasteiger partial charge in [0.25, 0.3) is 0 Å². The maximum atomic E-state index is 9.27. The molecule has 1 aromatic rings. The third kappa shape index (κ3) is 18.5. The Labute approximate surface area is 263 Å². The molecule has 1 unspecified atom stereocenters. The Balaban J connectivity index is 0.00000169. The Morgan fingerprint density at radius 3 is 1.30 bits per heavy atom. The van der Waals surface area contributed by atoms with Gasteiger partial charge in [0.05, 0.1) is 38.4 Å². The lowest BCUT2D eigenvalue weighted by Gasteiger charge is -2.31. The van der Waals surface area contributed by atoms with Gasteiger partial charge in [0.1, 0.15) is 0 Å². The normalized spacial score (nSPS) is 13.3. The number of benzene rings is 1. The topological polar surface area (TPSA) is 160 Å². The first-order valence-electron chi connectivity index (χ1n) is 15.6. The van der Waals surface area contributed by atoms with Crippen LogP contribution in [0.2, 0.25) is 0 Å².